The molecule has 1 aromatic rings. The molecule has 1 saturated heterocycles. The Morgan fingerprint density at radius 1 is 1.38 bits per heavy atom. The number of aryl methyl sites for hydroxylation is 1. The van der Waals surface area contributed by atoms with Crippen LogP contribution in [0.15, 0.2) is 12.3 Å². The zero-order valence-electron chi connectivity index (χ0n) is 9.22. The third-order valence-corrected chi connectivity index (χ3v) is 3.36. The molecule has 2 heterocycles. The topological polar surface area (TPSA) is 47.0 Å². The van der Waals surface area contributed by atoms with Gasteiger partial charge < -0.3 is 10.1 Å². The van der Waals surface area contributed by atoms with Crippen molar-refractivity contribution in [3.05, 3.63) is 18.0 Å². The molecule has 16 heavy (non-hydrogen) atoms. The van der Waals surface area contributed by atoms with Gasteiger partial charge in [0.2, 0.25) is 0 Å². The summed E-state index contributed by atoms with van der Waals surface area (Å²) in [7, 11) is 0. The minimum absolute atomic E-state index is 0. The Hall–Kier alpha value is -0.870. The summed E-state index contributed by atoms with van der Waals surface area (Å²) >= 11 is 0. The summed E-state index contributed by atoms with van der Waals surface area (Å²) in [5.74, 6) is 1.32. The van der Waals surface area contributed by atoms with Gasteiger partial charge >= 0.3 is 6.01 Å². The Kier molecular flexibility index (Phi) is 3.30. The van der Waals surface area contributed by atoms with Crippen LogP contribution in [-0.4, -0.2) is 29.2 Å². The molecule has 1 aliphatic heterocycles. The fraction of sp³-hybridized carbons (Fsp3) is 0.636. The van der Waals surface area contributed by atoms with Crippen molar-refractivity contribution in [3.8, 4) is 6.01 Å². The zero-order chi connectivity index (χ0) is 10.3. The summed E-state index contributed by atoms with van der Waals surface area (Å²) in [4.78, 5) is 8.40. The van der Waals surface area contributed by atoms with Crippen LogP contribution in [0.4, 0.5) is 0 Å². The number of halogens is 1. The summed E-state index contributed by atoms with van der Waals surface area (Å²) in [6, 6.07) is 2.42. The molecule has 4 nitrogen and oxygen atoms in total. The van der Waals surface area contributed by atoms with Crippen molar-refractivity contribution in [1.29, 1.82) is 0 Å². The maximum absolute atomic E-state index is 5.84. The fourth-order valence-electron chi connectivity index (χ4n) is 2.50. The fourth-order valence-corrected chi connectivity index (χ4v) is 2.50. The van der Waals surface area contributed by atoms with Crippen LogP contribution in [0.2, 0.25) is 0 Å². The summed E-state index contributed by atoms with van der Waals surface area (Å²) in [6.07, 6.45) is 3.39. The van der Waals surface area contributed by atoms with E-state index in [4.69, 9.17) is 4.74 Å². The SMILES string of the molecule is Cc1ccnc(OC2[C@@H]3CNC[C@H]2C3)n1.Cl. The zero-order valence-corrected chi connectivity index (χ0v) is 10.0. The molecule has 0 amide bonds. The van der Waals surface area contributed by atoms with Crippen LogP contribution >= 0.6 is 12.4 Å². The van der Waals surface area contributed by atoms with Crippen LogP contribution in [0.25, 0.3) is 0 Å². The quantitative estimate of drug-likeness (QED) is 0.845. The molecule has 1 N–H and O–H groups in total. The van der Waals surface area contributed by atoms with E-state index in [1.165, 1.54) is 6.42 Å². The van der Waals surface area contributed by atoms with Crippen LogP contribution in [0.5, 0.6) is 6.01 Å². The molecule has 1 aliphatic carbocycles. The molecule has 1 unspecified atom stereocenters. The molecule has 1 aromatic heterocycles. The molecule has 0 radical (unpaired) electrons. The lowest BCUT2D eigenvalue weighted by Crippen LogP contribution is -2.59. The van der Waals surface area contributed by atoms with Gasteiger partial charge in [-0.1, -0.05) is 0 Å². The minimum atomic E-state index is 0. The van der Waals surface area contributed by atoms with Crippen molar-refractivity contribution in [2.45, 2.75) is 19.4 Å². The maximum atomic E-state index is 5.84. The molecule has 2 aliphatic rings. The van der Waals surface area contributed by atoms with Gasteiger partial charge in [-0.25, -0.2) is 9.97 Å². The number of rotatable bonds is 2. The monoisotopic (exact) mass is 241 g/mol. The number of ether oxygens (including phenoxy) is 1. The highest BCUT2D eigenvalue weighted by Crippen LogP contribution is 2.38. The summed E-state index contributed by atoms with van der Waals surface area (Å²) < 4.78 is 5.84. The summed E-state index contributed by atoms with van der Waals surface area (Å²) in [5.41, 5.74) is 0.961. The van der Waals surface area contributed by atoms with Crippen molar-refractivity contribution in [3.63, 3.8) is 0 Å². The van der Waals surface area contributed by atoms with Crippen molar-refractivity contribution in [2.24, 2.45) is 11.8 Å². The smallest absolute Gasteiger partial charge is 0.316 e. The van der Waals surface area contributed by atoms with E-state index < -0.39 is 0 Å². The van der Waals surface area contributed by atoms with Gasteiger partial charge in [0.25, 0.3) is 0 Å². The van der Waals surface area contributed by atoms with Crippen molar-refractivity contribution >= 4 is 12.4 Å². The lowest BCUT2D eigenvalue weighted by Gasteiger charge is -2.48. The second-order valence-electron chi connectivity index (χ2n) is 4.48. The van der Waals surface area contributed by atoms with Crippen molar-refractivity contribution in [1.82, 2.24) is 15.3 Å². The highest BCUT2D eigenvalue weighted by atomic mass is 35.5. The predicted molar refractivity (Wildman–Crippen MR) is 62.9 cm³/mol. The van der Waals surface area contributed by atoms with Crippen LogP contribution in [0.3, 0.4) is 0 Å². The second-order valence-corrected chi connectivity index (χ2v) is 4.48. The van der Waals surface area contributed by atoms with Crippen LogP contribution < -0.4 is 10.1 Å². The number of piperidine rings is 2. The third kappa shape index (κ3) is 1.99. The molecule has 0 aromatic carbocycles. The van der Waals surface area contributed by atoms with Crippen molar-refractivity contribution < 1.29 is 4.74 Å². The van der Waals surface area contributed by atoms with E-state index in [1.54, 1.807) is 6.20 Å². The van der Waals surface area contributed by atoms with Crippen LogP contribution in [0, 0.1) is 18.8 Å². The first-order valence-electron chi connectivity index (χ1n) is 5.50. The number of hydrogen-bond donors (Lipinski definition) is 1. The van der Waals surface area contributed by atoms with Gasteiger partial charge in [-0.05, 0) is 19.4 Å². The van der Waals surface area contributed by atoms with E-state index in [0.29, 0.717) is 24.0 Å². The Labute approximate surface area is 101 Å². The molecule has 3 atom stereocenters. The number of fused-ring (bicyclic) bond motifs is 2. The lowest BCUT2D eigenvalue weighted by atomic mass is 9.69. The summed E-state index contributed by atoms with van der Waals surface area (Å²) in [5, 5.41) is 3.39. The Balaban J connectivity index is 0.000000963. The lowest BCUT2D eigenvalue weighted by molar-refractivity contribution is -0.0497. The van der Waals surface area contributed by atoms with Gasteiger partial charge in [0.1, 0.15) is 6.10 Å². The van der Waals surface area contributed by atoms with E-state index in [-0.39, 0.29) is 12.4 Å². The van der Waals surface area contributed by atoms with E-state index in [0.717, 1.165) is 18.8 Å². The van der Waals surface area contributed by atoms with E-state index in [2.05, 4.69) is 15.3 Å². The second kappa shape index (κ2) is 4.55. The Bertz CT molecular complexity index is 360. The molecule has 2 fully saturated rings. The molecule has 88 valence electrons. The average molecular weight is 242 g/mol. The molecular weight excluding hydrogens is 226 g/mol. The van der Waals surface area contributed by atoms with E-state index >= 15 is 0 Å². The van der Waals surface area contributed by atoms with Gasteiger partial charge in [-0.2, -0.15) is 0 Å². The highest BCUT2D eigenvalue weighted by molar-refractivity contribution is 5.85. The van der Waals surface area contributed by atoms with Crippen LogP contribution in [0.1, 0.15) is 12.1 Å². The molecule has 0 spiro atoms. The molecule has 2 bridgehead atoms. The Morgan fingerprint density at radius 2 is 2.12 bits per heavy atom. The van der Waals surface area contributed by atoms with Crippen molar-refractivity contribution in [2.75, 3.05) is 13.1 Å². The van der Waals surface area contributed by atoms with Crippen LogP contribution in [-0.2, 0) is 0 Å². The number of nitrogens with zero attached hydrogens (tertiary/aromatic N) is 2. The first-order valence-corrected chi connectivity index (χ1v) is 5.50. The molecule has 5 heteroatoms. The van der Waals surface area contributed by atoms with Gasteiger partial charge in [0, 0.05) is 36.8 Å². The molecule has 1 saturated carbocycles. The normalized spacial score (nSPS) is 31.2. The van der Waals surface area contributed by atoms with Gasteiger partial charge in [-0.15, -0.1) is 12.4 Å². The summed E-state index contributed by atoms with van der Waals surface area (Å²) in [6.45, 7) is 4.11. The predicted octanol–water partition coefficient (Wildman–Crippen LogP) is 1.19. The highest BCUT2D eigenvalue weighted by Gasteiger charge is 2.45. The number of aromatic nitrogens is 2. The Morgan fingerprint density at radius 3 is 2.75 bits per heavy atom. The number of hydrogen-bond acceptors (Lipinski definition) is 4. The maximum Gasteiger partial charge on any atom is 0.316 e. The third-order valence-electron chi connectivity index (χ3n) is 3.36. The van der Waals surface area contributed by atoms with Gasteiger partial charge in [0.15, 0.2) is 0 Å². The first-order chi connectivity index (χ1) is 7.33. The molecular formula is C11H16ClN3O. The van der Waals surface area contributed by atoms with Gasteiger partial charge in [0.05, 0.1) is 0 Å². The minimum Gasteiger partial charge on any atom is -0.459 e. The van der Waals surface area contributed by atoms with E-state index in [9.17, 15) is 0 Å². The van der Waals surface area contributed by atoms with Gasteiger partial charge in [-0.3, -0.25) is 0 Å². The standard InChI is InChI=1S/C11H15N3O.ClH/c1-7-2-3-13-11(14-7)15-10-8-4-9(10)6-12-5-8;/h2-3,8-10,12H,4-6H2,1H3;1H/t8-,9+,10?;. The average Bonchev–Trinajstić information content (AvgIpc) is 2.27. The first kappa shape index (κ1) is 11.6. The molecule has 3 rings (SSSR count). The number of nitrogens with one attached hydrogen (secondary N) is 1. The van der Waals surface area contributed by atoms with E-state index in [1.807, 2.05) is 13.0 Å². The largest absolute Gasteiger partial charge is 0.459 e.